The summed E-state index contributed by atoms with van der Waals surface area (Å²) < 4.78 is 23.5. The van der Waals surface area contributed by atoms with Crippen molar-refractivity contribution in [1.29, 1.82) is 5.26 Å². The van der Waals surface area contributed by atoms with Crippen LogP contribution in [-0.2, 0) is 21.1 Å². The number of rotatable bonds is 8. The van der Waals surface area contributed by atoms with Gasteiger partial charge in [-0.3, -0.25) is 4.79 Å². The Bertz CT molecular complexity index is 1340. The molecule has 2 aromatic rings. The molecule has 1 saturated heterocycles. The van der Waals surface area contributed by atoms with Crippen LogP contribution in [0, 0.1) is 16.7 Å². The van der Waals surface area contributed by atoms with Gasteiger partial charge in [0.2, 0.25) is 0 Å². The van der Waals surface area contributed by atoms with Crippen LogP contribution in [0.3, 0.4) is 0 Å². The number of piperidine rings is 1. The van der Waals surface area contributed by atoms with Crippen LogP contribution < -0.4 is 0 Å². The predicted octanol–water partition coefficient (Wildman–Crippen LogP) is 4.94. The van der Waals surface area contributed by atoms with Gasteiger partial charge in [0, 0.05) is 31.1 Å². The quantitative estimate of drug-likeness (QED) is 0.362. The first-order chi connectivity index (χ1) is 17.6. The number of nitriles is 1. The van der Waals surface area contributed by atoms with Gasteiger partial charge in [0.1, 0.15) is 6.33 Å². The highest BCUT2D eigenvalue weighted by Crippen LogP contribution is 2.35. The van der Waals surface area contributed by atoms with Crippen molar-refractivity contribution in [3.8, 4) is 6.07 Å². The number of nitrogens with zero attached hydrogens (tertiary/aromatic N) is 4. The van der Waals surface area contributed by atoms with E-state index in [1.807, 2.05) is 37.0 Å². The van der Waals surface area contributed by atoms with E-state index in [9.17, 15) is 18.5 Å². The molecule has 194 valence electrons. The molecule has 1 fully saturated rings. The van der Waals surface area contributed by atoms with E-state index in [1.165, 1.54) is 18.2 Å². The van der Waals surface area contributed by atoms with E-state index >= 15 is 0 Å². The summed E-state index contributed by atoms with van der Waals surface area (Å²) >= 11 is 0. The Hall–Kier alpha value is -3.57. The minimum absolute atomic E-state index is 0.0843. The number of likely N-dealkylation sites (tertiary alicyclic amines) is 1. The number of benzene rings is 1. The summed E-state index contributed by atoms with van der Waals surface area (Å²) in [4.78, 5) is 24.0. The molecule has 2 heterocycles. The molecule has 3 rings (SSSR count). The lowest BCUT2D eigenvalue weighted by molar-refractivity contribution is -0.128. The first-order valence-electron chi connectivity index (χ1n) is 12.4. The fraction of sp³-hybridized carbons (Fsp3) is 0.379. The van der Waals surface area contributed by atoms with Gasteiger partial charge >= 0.3 is 0 Å². The van der Waals surface area contributed by atoms with Gasteiger partial charge in [-0.05, 0) is 74.9 Å². The van der Waals surface area contributed by atoms with Crippen molar-refractivity contribution in [2.45, 2.75) is 51.3 Å². The Morgan fingerprint density at radius 1 is 1.16 bits per heavy atom. The highest BCUT2D eigenvalue weighted by molar-refractivity contribution is 7.90. The summed E-state index contributed by atoms with van der Waals surface area (Å²) in [5.74, 6) is -0.0843. The van der Waals surface area contributed by atoms with Crippen molar-refractivity contribution in [3.63, 3.8) is 0 Å². The number of sulfone groups is 1. The summed E-state index contributed by atoms with van der Waals surface area (Å²) in [7, 11) is -3.27. The summed E-state index contributed by atoms with van der Waals surface area (Å²) in [6.45, 7) is 6.95. The molecular weight excluding hydrogens is 484 g/mol. The van der Waals surface area contributed by atoms with Crippen LogP contribution in [0.5, 0.6) is 0 Å². The van der Waals surface area contributed by atoms with Crippen LogP contribution in [0.4, 0.5) is 0 Å². The molecule has 0 atom stereocenters. The molecule has 0 saturated carbocycles. The van der Waals surface area contributed by atoms with Crippen molar-refractivity contribution >= 4 is 21.3 Å². The lowest BCUT2D eigenvalue weighted by atomic mass is 9.75. The second-order valence-electron chi connectivity index (χ2n) is 9.64. The van der Waals surface area contributed by atoms with Crippen LogP contribution >= 0.6 is 0 Å². The van der Waals surface area contributed by atoms with Crippen LogP contribution in [0.1, 0.15) is 51.3 Å². The van der Waals surface area contributed by atoms with Gasteiger partial charge in [-0.25, -0.2) is 18.4 Å². The monoisotopic (exact) mass is 518 g/mol. The SMILES string of the molecule is CC/C(C)=C/C=C\C(C(=O)N1CCC(C#N)(Cc2ccc(S(C)(=O)=O)cc2)CC1)=C(/C)c1ccncn1. The Labute approximate surface area is 220 Å². The van der Waals surface area contributed by atoms with E-state index in [0.717, 1.165) is 17.6 Å². The van der Waals surface area contributed by atoms with Crippen LogP contribution in [-0.4, -0.2) is 48.5 Å². The maximum atomic E-state index is 13.7. The fourth-order valence-corrected chi connectivity index (χ4v) is 4.95. The number of amides is 1. The first-order valence-corrected chi connectivity index (χ1v) is 14.3. The van der Waals surface area contributed by atoms with E-state index in [1.54, 1.807) is 36.5 Å². The molecule has 1 aliphatic rings. The van der Waals surface area contributed by atoms with Crippen LogP contribution in [0.25, 0.3) is 5.57 Å². The molecule has 7 nitrogen and oxygen atoms in total. The third-order valence-corrected chi connectivity index (χ3v) is 8.07. The van der Waals surface area contributed by atoms with Gasteiger partial charge in [0.25, 0.3) is 5.91 Å². The molecule has 0 N–H and O–H groups in total. The number of allylic oxidation sites excluding steroid dienone is 4. The lowest BCUT2D eigenvalue weighted by Crippen LogP contribution is -2.44. The van der Waals surface area contributed by atoms with Gasteiger partial charge in [-0.15, -0.1) is 0 Å². The molecule has 8 heteroatoms. The third kappa shape index (κ3) is 7.23. The van der Waals surface area contributed by atoms with E-state index in [-0.39, 0.29) is 10.8 Å². The first kappa shape index (κ1) is 28.0. The van der Waals surface area contributed by atoms with Gasteiger partial charge in [-0.2, -0.15) is 5.26 Å². The van der Waals surface area contributed by atoms with Crippen molar-refractivity contribution in [3.05, 3.63) is 83.5 Å². The van der Waals surface area contributed by atoms with E-state index in [4.69, 9.17) is 0 Å². The van der Waals surface area contributed by atoms with Gasteiger partial charge in [0.15, 0.2) is 9.84 Å². The molecule has 1 aromatic carbocycles. The Kier molecular flexibility index (Phi) is 9.17. The summed E-state index contributed by atoms with van der Waals surface area (Å²) in [6.07, 6.45) is 12.6. The summed E-state index contributed by atoms with van der Waals surface area (Å²) in [6, 6.07) is 11.0. The number of carbonyl (C=O) groups is 1. The molecule has 0 aliphatic carbocycles. The lowest BCUT2D eigenvalue weighted by Gasteiger charge is -2.37. The largest absolute Gasteiger partial charge is 0.339 e. The zero-order chi connectivity index (χ0) is 27.1. The fourth-order valence-electron chi connectivity index (χ4n) is 4.32. The van der Waals surface area contributed by atoms with Crippen LogP contribution in [0.15, 0.2) is 77.1 Å². The van der Waals surface area contributed by atoms with E-state index in [2.05, 4.69) is 23.0 Å². The number of hydrogen-bond donors (Lipinski definition) is 0. The second-order valence-corrected chi connectivity index (χ2v) is 11.7. The van der Waals surface area contributed by atoms with Crippen molar-refractivity contribution in [2.24, 2.45) is 5.41 Å². The summed E-state index contributed by atoms with van der Waals surface area (Å²) in [5.41, 5.74) is 3.55. The topological polar surface area (TPSA) is 104 Å². The van der Waals surface area contributed by atoms with Gasteiger partial charge < -0.3 is 4.90 Å². The number of aromatic nitrogens is 2. The van der Waals surface area contributed by atoms with Crippen LogP contribution in [0.2, 0.25) is 0 Å². The Morgan fingerprint density at radius 3 is 2.38 bits per heavy atom. The molecule has 1 aromatic heterocycles. The summed E-state index contributed by atoms with van der Waals surface area (Å²) in [5, 5.41) is 10.1. The highest BCUT2D eigenvalue weighted by Gasteiger charge is 2.37. The number of carbonyl (C=O) groups excluding carboxylic acids is 1. The average molecular weight is 519 g/mol. The minimum Gasteiger partial charge on any atom is -0.339 e. The smallest absolute Gasteiger partial charge is 0.254 e. The minimum atomic E-state index is -3.27. The molecule has 37 heavy (non-hydrogen) atoms. The average Bonchev–Trinajstić information content (AvgIpc) is 2.91. The molecule has 1 aliphatic heterocycles. The maximum Gasteiger partial charge on any atom is 0.254 e. The molecular formula is C29H34N4O3S. The van der Waals surface area contributed by atoms with Crippen molar-refractivity contribution in [2.75, 3.05) is 19.3 Å². The highest BCUT2D eigenvalue weighted by atomic mass is 32.2. The molecule has 0 spiro atoms. The molecule has 0 bridgehead atoms. The van der Waals surface area contributed by atoms with Crippen molar-refractivity contribution in [1.82, 2.24) is 14.9 Å². The number of hydrogen-bond acceptors (Lipinski definition) is 6. The predicted molar refractivity (Wildman–Crippen MR) is 145 cm³/mol. The van der Waals surface area contributed by atoms with E-state index < -0.39 is 15.3 Å². The zero-order valence-electron chi connectivity index (χ0n) is 21.9. The van der Waals surface area contributed by atoms with Crippen molar-refractivity contribution < 1.29 is 13.2 Å². The van der Waals surface area contributed by atoms with Gasteiger partial charge in [0.05, 0.1) is 22.1 Å². The molecule has 0 unspecified atom stereocenters. The maximum absolute atomic E-state index is 13.7. The molecule has 1 amide bonds. The third-order valence-electron chi connectivity index (χ3n) is 6.94. The zero-order valence-corrected chi connectivity index (χ0v) is 22.8. The molecule has 0 radical (unpaired) electrons. The van der Waals surface area contributed by atoms with Gasteiger partial charge in [-0.1, -0.05) is 36.8 Å². The Morgan fingerprint density at radius 2 is 1.84 bits per heavy atom. The standard InChI is InChI=1S/C29H34N4O3S/c1-5-22(2)7-6-8-26(23(3)27-13-16-31-21-32-27)28(34)33-17-14-29(20-30,15-18-33)19-24-9-11-25(12-10-24)37(4,35)36/h6-13,16,21H,5,14-15,17-19H2,1-4H3/b8-6-,22-7+,26-23-. The second kappa shape index (κ2) is 12.1. The Balaban J connectivity index is 1.80. The normalized spacial score (nSPS) is 16.8. The van der Waals surface area contributed by atoms with E-state index in [0.29, 0.717) is 43.6 Å².